The molecule has 0 heterocycles. The Bertz CT molecular complexity index is 447. The number of halogens is 1. The van der Waals surface area contributed by atoms with E-state index in [9.17, 15) is 0 Å². The third-order valence-corrected chi connectivity index (χ3v) is 3.74. The van der Waals surface area contributed by atoms with Gasteiger partial charge in [-0.1, -0.05) is 31.5 Å². The summed E-state index contributed by atoms with van der Waals surface area (Å²) in [7, 11) is 0. The van der Waals surface area contributed by atoms with Crippen LogP contribution in [0.2, 0.25) is 5.02 Å². The van der Waals surface area contributed by atoms with Crippen LogP contribution in [-0.2, 0) is 6.54 Å². The minimum absolute atomic E-state index is 0.0805. The van der Waals surface area contributed by atoms with E-state index in [-0.39, 0.29) is 5.54 Å². The van der Waals surface area contributed by atoms with Crippen LogP contribution in [0, 0.1) is 5.92 Å². The van der Waals surface area contributed by atoms with E-state index in [1.54, 1.807) is 0 Å². The monoisotopic (exact) mass is 310 g/mol. The van der Waals surface area contributed by atoms with E-state index in [1.807, 2.05) is 12.1 Å². The van der Waals surface area contributed by atoms with Crippen molar-refractivity contribution in [3.63, 3.8) is 0 Å². The predicted octanol–water partition coefficient (Wildman–Crippen LogP) is 5.10. The van der Waals surface area contributed by atoms with Gasteiger partial charge in [-0.2, -0.15) is 0 Å². The second-order valence-corrected chi connectivity index (χ2v) is 7.89. The van der Waals surface area contributed by atoms with Crippen molar-refractivity contribution in [2.75, 3.05) is 11.4 Å². The summed E-state index contributed by atoms with van der Waals surface area (Å²) in [6.07, 6.45) is 0. The van der Waals surface area contributed by atoms with Gasteiger partial charge in [-0.25, -0.2) is 0 Å². The van der Waals surface area contributed by atoms with Crippen molar-refractivity contribution >= 4 is 17.3 Å². The Morgan fingerprint density at radius 2 is 1.76 bits per heavy atom. The zero-order valence-corrected chi connectivity index (χ0v) is 15.4. The molecule has 0 amide bonds. The molecule has 0 saturated carbocycles. The molecule has 2 nitrogen and oxygen atoms in total. The topological polar surface area (TPSA) is 15.3 Å². The van der Waals surface area contributed by atoms with Gasteiger partial charge < -0.3 is 10.2 Å². The van der Waals surface area contributed by atoms with E-state index in [0.717, 1.165) is 18.1 Å². The predicted molar refractivity (Wildman–Crippen MR) is 95.4 cm³/mol. The van der Waals surface area contributed by atoms with Crippen LogP contribution >= 0.6 is 11.6 Å². The Labute approximate surface area is 135 Å². The summed E-state index contributed by atoms with van der Waals surface area (Å²) in [6.45, 7) is 17.4. The first kappa shape index (κ1) is 18.3. The summed E-state index contributed by atoms with van der Waals surface area (Å²) in [5.41, 5.74) is 2.53. The molecule has 0 spiro atoms. The van der Waals surface area contributed by atoms with Crippen molar-refractivity contribution in [3.05, 3.63) is 28.8 Å². The van der Waals surface area contributed by atoms with Gasteiger partial charge in [0.05, 0.1) is 0 Å². The smallest absolute Gasteiger partial charge is 0.0471 e. The van der Waals surface area contributed by atoms with Crippen LogP contribution in [0.4, 0.5) is 5.69 Å². The zero-order valence-electron chi connectivity index (χ0n) is 14.6. The Kier molecular flexibility index (Phi) is 6.55. The average Bonchev–Trinajstić information content (AvgIpc) is 2.32. The molecular formula is C18H31ClN2. The van der Waals surface area contributed by atoms with Gasteiger partial charge in [-0.05, 0) is 52.7 Å². The fourth-order valence-electron chi connectivity index (χ4n) is 2.33. The molecule has 1 aromatic rings. The molecule has 0 atom stereocenters. The van der Waals surface area contributed by atoms with E-state index >= 15 is 0 Å². The molecule has 0 bridgehead atoms. The van der Waals surface area contributed by atoms with Gasteiger partial charge in [-0.15, -0.1) is 0 Å². The van der Waals surface area contributed by atoms with Crippen LogP contribution in [0.1, 0.15) is 54.0 Å². The summed E-state index contributed by atoms with van der Waals surface area (Å²) in [4.78, 5) is 2.45. The lowest BCUT2D eigenvalue weighted by Crippen LogP contribution is -2.38. The van der Waals surface area contributed by atoms with Gasteiger partial charge in [-0.3, -0.25) is 0 Å². The maximum Gasteiger partial charge on any atom is 0.0471 e. The van der Waals surface area contributed by atoms with Gasteiger partial charge in [0, 0.05) is 40.9 Å². The van der Waals surface area contributed by atoms with E-state index in [4.69, 9.17) is 11.6 Å². The Balaban J connectivity index is 3.12. The van der Waals surface area contributed by atoms with Gasteiger partial charge >= 0.3 is 0 Å². The maximum absolute atomic E-state index is 6.48. The summed E-state index contributed by atoms with van der Waals surface area (Å²) in [5, 5.41) is 4.40. The van der Waals surface area contributed by atoms with E-state index in [2.05, 4.69) is 64.7 Å². The molecule has 0 aliphatic heterocycles. The van der Waals surface area contributed by atoms with Crippen molar-refractivity contribution in [1.29, 1.82) is 0 Å². The van der Waals surface area contributed by atoms with E-state index in [1.165, 1.54) is 11.3 Å². The number of hydrogen-bond donors (Lipinski definition) is 1. The van der Waals surface area contributed by atoms with Crippen LogP contribution in [0.25, 0.3) is 0 Å². The van der Waals surface area contributed by atoms with Crippen LogP contribution in [0.15, 0.2) is 18.2 Å². The Morgan fingerprint density at radius 3 is 2.24 bits per heavy atom. The number of rotatable bonds is 6. The third-order valence-electron chi connectivity index (χ3n) is 3.38. The van der Waals surface area contributed by atoms with E-state index in [0.29, 0.717) is 12.0 Å². The molecule has 1 rings (SSSR count). The van der Waals surface area contributed by atoms with Gasteiger partial charge in [0.15, 0.2) is 0 Å². The summed E-state index contributed by atoms with van der Waals surface area (Å²) >= 11 is 6.48. The highest BCUT2D eigenvalue weighted by molar-refractivity contribution is 6.31. The highest BCUT2D eigenvalue weighted by Gasteiger charge is 2.19. The maximum atomic E-state index is 6.48. The SMILES string of the molecule is CC(C)CN(c1cccc(Cl)c1CNC(C)(C)C)C(C)C. The van der Waals surface area contributed by atoms with Crippen LogP contribution in [0.5, 0.6) is 0 Å². The minimum atomic E-state index is 0.0805. The highest BCUT2D eigenvalue weighted by atomic mass is 35.5. The van der Waals surface area contributed by atoms with Gasteiger partial charge in [0.2, 0.25) is 0 Å². The second kappa shape index (κ2) is 7.51. The lowest BCUT2D eigenvalue weighted by Gasteiger charge is -2.33. The molecule has 0 unspecified atom stereocenters. The summed E-state index contributed by atoms with van der Waals surface area (Å²) in [6, 6.07) is 6.68. The van der Waals surface area contributed by atoms with Crippen LogP contribution < -0.4 is 10.2 Å². The molecule has 0 fully saturated rings. The first-order chi connectivity index (χ1) is 9.61. The van der Waals surface area contributed by atoms with Crippen molar-refractivity contribution in [1.82, 2.24) is 5.32 Å². The molecular weight excluding hydrogens is 280 g/mol. The summed E-state index contributed by atoms with van der Waals surface area (Å²) in [5.74, 6) is 0.620. The lowest BCUT2D eigenvalue weighted by molar-refractivity contribution is 0.424. The normalized spacial score (nSPS) is 12.3. The average molecular weight is 311 g/mol. The minimum Gasteiger partial charge on any atom is -0.369 e. The zero-order chi connectivity index (χ0) is 16.2. The number of nitrogens with zero attached hydrogens (tertiary/aromatic N) is 1. The third kappa shape index (κ3) is 5.88. The number of anilines is 1. The summed E-state index contributed by atoms with van der Waals surface area (Å²) < 4.78 is 0. The molecule has 21 heavy (non-hydrogen) atoms. The molecule has 1 N–H and O–H groups in total. The Morgan fingerprint density at radius 1 is 1.14 bits per heavy atom. The fraction of sp³-hybridized carbons (Fsp3) is 0.667. The molecule has 3 heteroatoms. The largest absolute Gasteiger partial charge is 0.369 e. The number of hydrogen-bond acceptors (Lipinski definition) is 2. The van der Waals surface area contributed by atoms with Crippen molar-refractivity contribution in [2.45, 2.75) is 66.6 Å². The molecule has 0 aromatic heterocycles. The van der Waals surface area contributed by atoms with Crippen molar-refractivity contribution in [3.8, 4) is 0 Å². The van der Waals surface area contributed by atoms with Crippen LogP contribution in [-0.4, -0.2) is 18.1 Å². The lowest BCUT2D eigenvalue weighted by atomic mass is 10.1. The van der Waals surface area contributed by atoms with Crippen LogP contribution in [0.3, 0.4) is 0 Å². The Hall–Kier alpha value is -0.730. The van der Waals surface area contributed by atoms with Crippen molar-refractivity contribution < 1.29 is 0 Å². The fourth-order valence-corrected chi connectivity index (χ4v) is 2.56. The number of benzene rings is 1. The van der Waals surface area contributed by atoms with Crippen molar-refractivity contribution in [2.24, 2.45) is 5.92 Å². The molecule has 120 valence electrons. The molecule has 0 radical (unpaired) electrons. The highest BCUT2D eigenvalue weighted by Crippen LogP contribution is 2.30. The molecule has 0 aliphatic carbocycles. The van der Waals surface area contributed by atoms with Gasteiger partial charge in [0.1, 0.15) is 0 Å². The standard InChI is InChI=1S/C18H31ClN2/c1-13(2)12-21(14(3)4)17-10-8-9-16(19)15(17)11-20-18(5,6)7/h8-10,13-14,20H,11-12H2,1-7H3. The first-order valence-corrected chi connectivity index (χ1v) is 8.28. The van der Waals surface area contributed by atoms with Gasteiger partial charge in [0.25, 0.3) is 0 Å². The molecule has 1 aromatic carbocycles. The molecule has 0 saturated heterocycles. The second-order valence-electron chi connectivity index (χ2n) is 7.48. The molecule has 0 aliphatic rings. The quantitative estimate of drug-likeness (QED) is 0.786. The first-order valence-electron chi connectivity index (χ1n) is 7.91. The number of nitrogens with one attached hydrogen (secondary N) is 1. The van der Waals surface area contributed by atoms with E-state index < -0.39 is 0 Å².